The predicted octanol–water partition coefficient (Wildman–Crippen LogP) is 4.45. The molecule has 1 saturated carbocycles. The van der Waals surface area contributed by atoms with Crippen LogP contribution in [0.1, 0.15) is 45.6 Å². The first-order valence-electron chi connectivity index (χ1n) is 8.06. The highest BCUT2D eigenvalue weighted by Gasteiger charge is 2.50. The number of benzene rings is 1. The quantitative estimate of drug-likeness (QED) is 0.857. The number of carbonyl (C=O) groups is 1. The van der Waals surface area contributed by atoms with Crippen molar-refractivity contribution >= 4 is 17.6 Å². The summed E-state index contributed by atoms with van der Waals surface area (Å²) in [5, 5.41) is 3.75. The van der Waals surface area contributed by atoms with Gasteiger partial charge in [0.2, 0.25) is 0 Å². The first-order chi connectivity index (χ1) is 10.3. The van der Waals surface area contributed by atoms with Gasteiger partial charge in [-0.05, 0) is 41.7 Å². The topological polar surface area (TPSA) is 32.3 Å². The third-order valence-electron chi connectivity index (χ3n) is 5.06. The van der Waals surface area contributed by atoms with Crippen LogP contribution in [0, 0.1) is 10.8 Å². The van der Waals surface area contributed by atoms with E-state index < -0.39 is 0 Å². The van der Waals surface area contributed by atoms with Crippen LogP contribution in [0.15, 0.2) is 24.3 Å². The summed E-state index contributed by atoms with van der Waals surface area (Å²) in [6.07, 6.45) is 3.43. The molecule has 0 radical (unpaired) electrons. The zero-order chi connectivity index (χ0) is 16.0. The molecule has 1 heterocycles. The Morgan fingerprint density at radius 1 is 1.32 bits per heavy atom. The minimum atomic E-state index is 0.0475. The lowest BCUT2D eigenvalue weighted by Gasteiger charge is -2.39. The van der Waals surface area contributed by atoms with Gasteiger partial charge in [0.25, 0.3) is 0 Å². The fourth-order valence-corrected chi connectivity index (χ4v) is 4.81. The molecule has 22 heavy (non-hydrogen) atoms. The second-order valence-electron chi connectivity index (χ2n) is 8.09. The zero-order valence-corrected chi connectivity index (χ0v) is 14.4. The molecule has 0 spiro atoms. The van der Waals surface area contributed by atoms with Gasteiger partial charge >= 0.3 is 6.03 Å². The van der Waals surface area contributed by atoms with Crippen molar-refractivity contribution in [2.45, 2.75) is 52.6 Å². The minimum Gasteiger partial charge on any atom is -0.334 e. The van der Waals surface area contributed by atoms with Crippen molar-refractivity contribution in [1.29, 1.82) is 0 Å². The fraction of sp³-hybridized carbons (Fsp3) is 0.611. The number of hydrogen-bond donors (Lipinski definition) is 1. The van der Waals surface area contributed by atoms with E-state index in [4.69, 9.17) is 11.6 Å². The third-order valence-corrected chi connectivity index (χ3v) is 5.43. The highest BCUT2D eigenvalue weighted by atomic mass is 35.5. The van der Waals surface area contributed by atoms with E-state index >= 15 is 0 Å². The number of fused-ring (bicyclic) bond motifs is 2. The first-order valence-corrected chi connectivity index (χ1v) is 8.44. The number of carbonyl (C=O) groups excluding carboxylic acids is 1. The van der Waals surface area contributed by atoms with Gasteiger partial charge in [0, 0.05) is 24.2 Å². The number of likely N-dealkylation sites (tertiary alicyclic amines) is 1. The van der Waals surface area contributed by atoms with Gasteiger partial charge in [0.05, 0.1) is 0 Å². The molecule has 0 aromatic heterocycles. The Labute approximate surface area is 138 Å². The number of rotatable bonds is 2. The summed E-state index contributed by atoms with van der Waals surface area (Å²) < 4.78 is 0. The van der Waals surface area contributed by atoms with Gasteiger partial charge in [-0.1, -0.05) is 50.6 Å². The van der Waals surface area contributed by atoms with Crippen LogP contribution in [0.25, 0.3) is 0 Å². The lowest BCUT2D eigenvalue weighted by molar-refractivity contribution is 0.129. The lowest BCUT2D eigenvalue weighted by Crippen LogP contribution is -2.43. The number of urea groups is 1. The molecule has 1 aliphatic heterocycles. The number of nitrogens with one attached hydrogen (secondary N) is 1. The van der Waals surface area contributed by atoms with Gasteiger partial charge < -0.3 is 10.2 Å². The second-order valence-corrected chi connectivity index (χ2v) is 8.50. The number of hydrogen-bond acceptors (Lipinski definition) is 1. The Hall–Kier alpha value is -1.22. The number of nitrogens with zero attached hydrogens (tertiary/aromatic N) is 1. The molecule has 3 nitrogen and oxygen atoms in total. The molecule has 1 N–H and O–H groups in total. The molecule has 2 amide bonds. The maximum Gasteiger partial charge on any atom is 0.317 e. The van der Waals surface area contributed by atoms with Crippen LogP contribution in [0.5, 0.6) is 0 Å². The van der Waals surface area contributed by atoms with E-state index in [1.807, 2.05) is 29.2 Å². The summed E-state index contributed by atoms with van der Waals surface area (Å²) in [5.74, 6) is 0. The van der Waals surface area contributed by atoms with E-state index in [1.54, 1.807) is 0 Å². The molecule has 1 saturated heterocycles. The highest BCUT2D eigenvalue weighted by Crippen LogP contribution is 2.52. The van der Waals surface area contributed by atoms with Crippen LogP contribution in [-0.2, 0) is 6.54 Å². The Kier molecular flexibility index (Phi) is 3.88. The molecule has 1 aliphatic carbocycles. The number of halogens is 1. The van der Waals surface area contributed by atoms with Gasteiger partial charge in [0.1, 0.15) is 0 Å². The fourth-order valence-electron chi connectivity index (χ4n) is 4.61. The summed E-state index contributed by atoms with van der Waals surface area (Å²) in [6.45, 7) is 8.32. The standard InChI is InChI=1S/C18H25ClN2O/c1-17(2)8-14-9-18(3,11-17)12-21(14)16(22)20-10-13-6-4-5-7-15(13)19/h4-7,14H,8-12H2,1-3H3,(H,20,22). The average Bonchev–Trinajstić information content (AvgIpc) is 2.67. The van der Waals surface area contributed by atoms with Crippen LogP contribution >= 0.6 is 11.6 Å². The molecular formula is C18H25ClN2O. The molecule has 2 fully saturated rings. The summed E-state index contributed by atoms with van der Waals surface area (Å²) >= 11 is 6.15. The molecule has 2 unspecified atom stereocenters. The Morgan fingerprint density at radius 2 is 2.05 bits per heavy atom. The summed E-state index contributed by atoms with van der Waals surface area (Å²) in [7, 11) is 0. The van der Waals surface area contributed by atoms with Crippen LogP contribution in [0.2, 0.25) is 5.02 Å². The molecule has 2 atom stereocenters. The van der Waals surface area contributed by atoms with Gasteiger partial charge in [0.15, 0.2) is 0 Å². The first kappa shape index (κ1) is 15.7. The van der Waals surface area contributed by atoms with Crippen molar-refractivity contribution in [3.63, 3.8) is 0 Å². The molecule has 120 valence electrons. The van der Waals surface area contributed by atoms with Crippen molar-refractivity contribution < 1.29 is 4.79 Å². The van der Waals surface area contributed by atoms with Crippen molar-refractivity contribution in [1.82, 2.24) is 10.2 Å². The van der Waals surface area contributed by atoms with Crippen molar-refractivity contribution in [3.05, 3.63) is 34.9 Å². The van der Waals surface area contributed by atoms with Crippen molar-refractivity contribution in [2.75, 3.05) is 6.54 Å². The summed E-state index contributed by atoms with van der Waals surface area (Å²) in [5.41, 5.74) is 1.56. The van der Waals surface area contributed by atoms with E-state index in [0.29, 0.717) is 23.0 Å². The molecule has 3 rings (SSSR count). The van der Waals surface area contributed by atoms with Gasteiger partial charge in [-0.25, -0.2) is 4.79 Å². The van der Waals surface area contributed by atoms with Crippen LogP contribution < -0.4 is 5.32 Å². The van der Waals surface area contributed by atoms with Crippen LogP contribution in [0.4, 0.5) is 4.79 Å². The monoisotopic (exact) mass is 320 g/mol. The molecule has 4 heteroatoms. The predicted molar refractivity (Wildman–Crippen MR) is 89.9 cm³/mol. The maximum absolute atomic E-state index is 12.6. The third kappa shape index (κ3) is 3.10. The Morgan fingerprint density at radius 3 is 2.77 bits per heavy atom. The normalized spacial score (nSPS) is 29.5. The second kappa shape index (κ2) is 5.45. The van der Waals surface area contributed by atoms with Gasteiger partial charge in [-0.3, -0.25) is 0 Å². The Balaban J connectivity index is 1.65. The van der Waals surface area contributed by atoms with E-state index in [9.17, 15) is 4.79 Å². The maximum atomic E-state index is 12.6. The molecule has 1 aromatic carbocycles. The van der Waals surface area contributed by atoms with Crippen molar-refractivity contribution in [3.8, 4) is 0 Å². The molecular weight excluding hydrogens is 296 g/mol. The van der Waals surface area contributed by atoms with Crippen molar-refractivity contribution in [2.24, 2.45) is 10.8 Å². The van der Waals surface area contributed by atoms with Gasteiger partial charge in [-0.15, -0.1) is 0 Å². The van der Waals surface area contributed by atoms with E-state index in [-0.39, 0.29) is 11.4 Å². The number of amides is 2. The van der Waals surface area contributed by atoms with E-state index in [1.165, 1.54) is 6.42 Å². The summed E-state index contributed by atoms with van der Waals surface area (Å²) in [4.78, 5) is 14.6. The largest absolute Gasteiger partial charge is 0.334 e. The summed E-state index contributed by atoms with van der Waals surface area (Å²) in [6, 6.07) is 8.08. The zero-order valence-electron chi connectivity index (χ0n) is 13.7. The van der Waals surface area contributed by atoms with Gasteiger partial charge in [-0.2, -0.15) is 0 Å². The van der Waals surface area contributed by atoms with E-state index in [2.05, 4.69) is 26.1 Å². The lowest BCUT2D eigenvalue weighted by atomic mass is 9.65. The molecule has 2 bridgehead atoms. The van der Waals surface area contributed by atoms with Crippen LogP contribution in [-0.4, -0.2) is 23.5 Å². The highest BCUT2D eigenvalue weighted by molar-refractivity contribution is 6.31. The molecule has 2 aliphatic rings. The SMILES string of the molecule is CC1(C)CC2CC(C)(CN2C(=O)NCc2ccccc2Cl)C1. The Bertz CT molecular complexity index is 586. The molecule has 1 aromatic rings. The average molecular weight is 321 g/mol. The smallest absolute Gasteiger partial charge is 0.317 e. The van der Waals surface area contributed by atoms with E-state index in [0.717, 1.165) is 24.9 Å². The minimum absolute atomic E-state index is 0.0475. The van der Waals surface area contributed by atoms with Crippen LogP contribution in [0.3, 0.4) is 0 Å².